The van der Waals surface area contributed by atoms with Crippen molar-refractivity contribution in [1.29, 1.82) is 0 Å². The first-order valence-corrected chi connectivity index (χ1v) is 6.91. The van der Waals surface area contributed by atoms with E-state index in [1.165, 1.54) is 0 Å². The number of aldehydes is 1. The number of pyridine rings is 1. The first-order chi connectivity index (χ1) is 9.52. The summed E-state index contributed by atoms with van der Waals surface area (Å²) in [5.41, 5.74) is 1.61. The number of aryl methyl sites for hydroxylation is 1. The fraction of sp³-hybridized carbons (Fsp3) is 0.533. The Hall–Kier alpha value is -1.91. The van der Waals surface area contributed by atoms with Crippen molar-refractivity contribution in [3.8, 4) is 0 Å². The maximum absolute atomic E-state index is 11.9. The molecule has 0 spiro atoms. The molecule has 0 unspecified atom stereocenters. The number of hydrogen-bond acceptors (Lipinski definition) is 4. The molecule has 1 amide bonds. The molecule has 0 saturated carbocycles. The molecule has 1 aromatic rings. The van der Waals surface area contributed by atoms with Crippen LogP contribution in [-0.4, -0.2) is 49.3 Å². The lowest BCUT2D eigenvalue weighted by molar-refractivity contribution is -0.133. The second-order valence-corrected chi connectivity index (χ2v) is 5.52. The van der Waals surface area contributed by atoms with Crippen molar-refractivity contribution >= 4 is 18.0 Å². The molecule has 108 valence electrons. The van der Waals surface area contributed by atoms with E-state index in [-0.39, 0.29) is 11.8 Å². The fourth-order valence-electron chi connectivity index (χ4n) is 2.69. The van der Waals surface area contributed by atoms with Gasteiger partial charge >= 0.3 is 0 Å². The van der Waals surface area contributed by atoms with Gasteiger partial charge in [0, 0.05) is 44.9 Å². The van der Waals surface area contributed by atoms with Crippen LogP contribution in [0.15, 0.2) is 12.3 Å². The van der Waals surface area contributed by atoms with E-state index >= 15 is 0 Å². The number of piperidine rings is 1. The Kier molecular flexibility index (Phi) is 4.37. The largest absolute Gasteiger partial charge is 0.356 e. The van der Waals surface area contributed by atoms with Gasteiger partial charge in [-0.25, -0.2) is 4.98 Å². The average molecular weight is 275 g/mol. The molecule has 5 heteroatoms. The highest BCUT2D eigenvalue weighted by molar-refractivity contribution is 5.78. The minimum atomic E-state index is 0.121. The van der Waals surface area contributed by atoms with Gasteiger partial charge in [0.2, 0.25) is 5.91 Å². The summed E-state index contributed by atoms with van der Waals surface area (Å²) in [6, 6.07) is 1.85. The van der Waals surface area contributed by atoms with Crippen LogP contribution < -0.4 is 4.90 Å². The van der Waals surface area contributed by atoms with E-state index in [0.29, 0.717) is 5.56 Å². The zero-order valence-electron chi connectivity index (χ0n) is 12.3. The molecule has 0 radical (unpaired) electrons. The van der Waals surface area contributed by atoms with Gasteiger partial charge in [-0.3, -0.25) is 9.59 Å². The SMILES string of the molecule is Cc1cc(C=O)cnc1N1CCC(C(=O)N(C)C)CC1. The predicted octanol–water partition coefficient (Wildman–Crippen LogP) is 1.51. The van der Waals surface area contributed by atoms with Crippen LogP contribution in [0.1, 0.15) is 28.8 Å². The summed E-state index contributed by atoms with van der Waals surface area (Å²) < 4.78 is 0. The second kappa shape index (κ2) is 6.03. The molecule has 0 N–H and O–H groups in total. The normalized spacial score (nSPS) is 16.1. The summed E-state index contributed by atoms with van der Waals surface area (Å²) in [6.07, 6.45) is 4.12. The highest BCUT2D eigenvalue weighted by Crippen LogP contribution is 2.25. The lowest BCUT2D eigenvalue weighted by Gasteiger charge is -2.33. The summed E-state index contributed by atoms with van der Waals surface area (Å²) in [6.45, 7) is 3.63. The van der Waals surface area contributed by atoms with E-state index in [2.05, 4.69) is 9.88 Å². The van der Waals surface area contributed by atoms with Crippen LogP contribution in [0.2, 0.25) is 0 Å². The van der Waals surface area contributed by atoms with E-state index < -0.39 is 0 Å². The van der Waals surface area contributed by atoms with Crippen molar-refractivity contribution in [2.24, 2.45) is 5.92 Å². The molecule has 2 rings (SSSR count). The first kappa shape index (κ1) is 14.5. The summed E-state index contributed by atoms with van der Waals surface area (Å²) in [7, 11) is 3.61. The van der Waals surface area contributed by atoms with Crippen molar-refractivity contribution in [3.63, 3.8) is 0 Å². The van der Waals surface area contributed by atoms with Gasteiger partial charge in [0.25, 0.3) is 0 Å². The zero-order valence-corrected chi connectivity index (χ0v) is 12.3. The number of rotatable bonds is 3. The third-order valence-corrected chi connectivity index (χ3v) is 3.79. The Morgan fingerprint density at radius 1 is 1.40 bits per heavy atom. The van der Waals surface area contributed by atoms with Crippen molar-refractivity contribution in [2.45, 2.75) is 19.8 Å². The Balaban J connectivity index is 2.04. The van der Waals surface area contributed by atoms with E-state index in [4.69, 9.17) is 0 Å². The Morgan fingerprint density at radius 3 is 2.55 bits per heavy atom. The molecule has 1 aliphatic heterocycles. The summed E-state index contributed by atoms with van der Waals surface area (Å²) in [4.78, 5) is 30.9. The molecule has 0 aromatic carbocycles. The topological polar surface area (TPSA) is 53.5 Å². The van der Waals surface area contributed by atoms with Gasteiger partial charge < -0.3 is 9.80 Å². The molecule has 5 nitrogen and oxygen atoms in total. The lowest BCUT2D eigenvalue weighted by atomic mass is 9.95. The predicted molar refractivity (Wildman–Crippen MR) is 78.0 cm³/mol. The number of amides is 1. The summed E-state index contributed by atoms with van der Waals surface area (Å²) >= 11 is 0. The molecule has 1 aromatic heterocycles. The third-order valence-electron chi connectivity index (χ3n) is 3.79. The van der Waals surface area contributed by atoms with Gasteiger partial charge in [0.1, 0.15) is 5.82 Å². The molecule has 2 heterocycles. The number of carbonyl (C=O) groups is 2. The van der Waals surface area contributed by atoms with Gasteiger partial charge in [-0.05, 0) is 31.4 Å². The van der Waals surface area contributed by atoms with Gasteiger partial charge in [0.15, 0.2) is 6.29 Å². The molecule has 1 fully saturated rings. The van der Waals surface area contributed by atoms with Crippen molar-refractivity contribution in [3.05, 3.63) is 23.4 Å². The highest BCUT2D eigenvalue weighted by Gasteiger charge is 2.27. The van der Waals surface area contributed by atoms with Gasteiger partial charge in [-0.15, -0.1) is 0 Å². The van der Waals surface area contributed by atoms with Gasteiger partial charge in [-0.2, -0.15) is 0 Å². The van der Waals surface area contributed by atoms with Crippen LogP contribution in [0.4, 0.5) is 5.82 Å². The molecular weight excluding hydrogens is 254 g/mol. The van der Waals surface area contributed by atoms with Crippen LogP contribution >= 0.6 is 0 Å². The van der Waals surface area contributed by atoms with E-state index in [1.807, 2.05) is 13.0 Å². The van der Waals surface area contributed by atoms with Crippen LogP contribution in [0, 0.1) is 12.8 Å². The van der Waals surface area contributed by atoms with Crippen molar-refractivity contribution in [1.82, 2.24) is 9.88 Å². The average Bonchev–Trinajstić information content (AvgIpc) is 2.46. The molecule has 0 bridgehead atoms. The number of carbonyl (C=O) groups excluding carboxylic acids is 2. The van der Waals surface area contributed by atoms with Crippen LogP contribution in [-0.2, 0) is 4.79 Å². The lowest BCUT2D eigenvalue weighted by Crippen LogP contribution is -2.40. The van der Waals surface area contributed by atoms with E-state index in [9.17, 15) is 9.59 Å². The Bertz CT molecular complexity index is 506. The van der Waals surface area contributed by atoms with Gasteiger partial charge in [-0.1, -0.05) is 0 Å². The van der Waals surface area contributed by atoms with Crippen molar-refractivity contribution < 1.29 is 9.59 Å². The molecule has 20 heavy (non-hydrogen) atoms. The fourth-order valence-corrected chi connectivity index (χ4v) is 2.69. The number of hydrogen-bond donors (Lipinski definition) is 0. The maximum Gasteiger partial charge on any atom is 0.225 e. The van der Waals surface area contributed by atoms with E-state index in [1.54, 1.807) is 25.2 Å². The second-order valence-electron chi connectivity index (χ2n) is 5.52. The van der Waals surface area contributed by atoms with Crippen LogP contribution in [0.25, 0.3) is 0 Å². The van der Waals surface area contributed by atoms with E-state index in [0.717, 1.165) is 43.6 Å². The molecule has 0 aliphatic carbocycles. The smallest absolute Gasteiger partial charge is 0.225 e. The third kappa shape index (κ3) is 2.98. The van der Waals surface area contributed by atoms with Gasteiger partial charge in [0.05, 0.1) is 0 Å². The number of aromatic nitrogens is 1. The minimum absolute atomic E-state index is 0.121. The Morgan fingerprint density at radius 2 is 2.05 bits per heavy atom. The summed E-state index contributed by atoms with van der Waals surface area (Å²) in [5.74, 6) is 1.26. The molecule has 0 atom stereocenters. The highest BCUT2D eigenvalue weighted by atomic mass is 16.2. The number of nitrogens with zero attached hydrogens (tertiary/aromatic N) is 3. The first-order valence-electron chi connectivity index (χ1n) is 6.91. The molecule has 1 saturated heterocycles. The molecular formula is C15H21N3O2. The van der Waals surface area contributed by atoms with Crippen LogP contribution in [0.5, 0.6) is 0 Å². The quantitative estimate of drug-likeness (QED) is 0.785. The monoisotopic (exact) mass is 275 g/mol. The van der Waals surface area contributed by atoms with Crippen molar-refractivity contribution in [2.75, 3.05) is 32.1 Å². The maximum atomic E-state index is 11.9. The standard InChI is InChI=1S/C15H21N3O2/c1-11-8-12(10-19)9-16-14(11)18-6-4-13(5-7-18)15(20)17(2)3/h8-10,13H,4-7H2,1-3H3. The zero-order chi connectivity index (χ0) is 14.7. The molecule has 1 aliphatic rings. The van der Waals surface area contributed by atoms with Crippen LogP contribution in [0.3, 0.4) is 0 Å². The minimum Gasteiger partial charge on any atom is -0.356 e. The summed E-state index contributed by atoms with van der Waals surface area (Å²) in [5, 5.41) is 0. The Labute approximate surface area is 119 Å². The number of anilines is 1.